The number of methoxy groups -OCH3 is 1. The Morgan fingerprint density at radius 3 is 2.58 bits per heavy atom. The van der Waals surface area contributed by atoms with Gasteiger partial charge in [-0.2, -0.15) is 5.10 Å². The van der Waals surface area contributed by atoms with E-state index in [1.54, 1.807) is 19.2 Å². The number of hydrogen-bond acceptors (Lipinski definition) is 5. The van der Waals surface area contributed by atoms with Gasteiger partial charge < -0.3 is 15.0 Å². The number of rotatable bonds is 5. The van der Waals surface area contributed by atoms with Crippen molar-refractivity contribution in [2.45, 2.75) is 38.8 Å². The highest BCUT2D eigenvalue weighted by atomic mass is 16.5. The number of carbonyl (C=O) groups excluding carboxylic acids is 1. The first-order valence-electron chi connectivity index (χ1n) is 10.7. The third-order valence-electron chi connectivity index (χ3n) is 5.72. The highest BCUT2D eigenvalue weighted by molar-refractivity contribution is 6.04. The number of aromatic nitrogens is 2. The number of nitrogens with one attached hydrogen (secondary N) is 1. The molecular formula is C24H28N4O3. The number of carbonyl (C=O) groups is 1. The maximum absolute atomic E-state index is 13.2. The van der Waals surface area contributed by atoms with Crippen molar-refractivity contribution in [3.8, 4) is 5.75 Å². The van der Waals surface area contributed by atoms with Gasteiger partial charge >= 0.3 is 0 Å². The summed E-state index contributed by atoms with van der Waals surface area (Å²) in [5, 5.41) is 8.67. The van der Waals surface area contributed by atoms with Gasteiger partial charge in [0.05, 0.1) is 24.2 Å². The molecule has 1 aliphatic heterocycles. The first kappa shape index (κ1) is 20.9. The fourth-order valence-electron chi connectivity index (χ4n) is 4.18. The minimum absolute atomic E-state index is 0.0221. The predicted octanol–water partition coefficient (Wildman–Crippen LogP) is 3.38. The van der Waals surface area contributed by atoms with E-state index in [4.69, 9.17) is 4.74 Å². The number of hydrogen-bond donors (Lipinski definition) is 1. The van der Waals surface area contributed by atoms with Gasteiger partial charge in [-0.05, 0) is 44.9 Å². The van der Waals surface area contributed by atoms with Gasteiger partial charge in [0.15, 0.2) is 5.69 Å². The van der Waals surface area contributed by atoms with Crippen LogP contribution in [0.25, 0.3) is 10.8 Å². The van der Waals surface area contributed by atoms with Crippen LogP contribution in [0.5, 0.6) is 5.75 Å². The molecule has 4 rings (SSSR count). The van der Waals surface area contributed by atoms with Gasteiger partial charge in [-0.1, -0.05) is 30.3 Å². The highest BCUT2D eigenvalue weighted by Gasteiger charge is 2.25. The molecule has 1 N–H and O–H groups in total. The first-order valence-corrected chi connectivity index (χ1v) is 10.7. The third-order valence-corrected chi connectivity index (χ3v) is 5.72. The number of fused-ring (bicyclic) bond motifs is 1. The number of nitrogens with zero attached hydrogens (tertiary/aromatic N) is 3. The summed E-state index contributed by atoms with van der Waals surface area (Å²) in [6, 6.07) is 14.9. The van der Waals surface area contributed by atoms with E-state index in [9.17, 15) is 9.59 Å². The van der Waals surface area contributed by atoms with E-state index in [1.165, 1.54) is 4.68 Å². The van der Waals surface area contributed by atoms with Gasteiger partial charge in [-0.15, -0.1) is 0 Å². The van der Waals surface area contributed by atoms with Gasteiger partial charge in [-0.3, -0.25) is 9.59 Å². The summed E-state index contributed by atoms with van der Waals surface area (Å²) in [6.45, 7) is 5.37. The molecule has 1 atom stereocenters. The van der Waals surface area contributed by atoms with Crippen LogP contribution in [0.3, 0.4) is 0 Å². The lowest BCUT2D eigenvalue weighted by atomic mass is 10.0. The second-order valence-electron chi connectivity index (χ2n) is 8.17. The van der Waals surface area contributed by atoms with Crippen molar-refractivity contribution in [3.05, 3.63) is 64.6 Å². The molecule has 1 unspecified atom stereocenters. The molecule has 1 amide bonds. The minimum atomic E-state index is -0.252. The van der Waals surface area contributed by atoms with Crippen molar-refractivity contribution in [1.29, 1.82) is 0 Å². The van der Waals surface area contributed by atoms with Gasteiger partial charge in [0, 0.05) is 24.5 Å². The Bertz CT molecular complexity index is 1160. The summed E-state index contributed by atoms with van der Waals surface area (Å²) in [4.78, 5) is 28.2. The molecule has 1 saturated heterocycles. The highest BCUT2D eigenvalue weighted by Crippen LogP contribution is 2.30. The van der Waals surface area contributed by atoms with E-state index in [2.05, 4.69) is 15.3 Å². The number of amides is 1. The molecule has 0 saturated carbocycles. The zero-order valence-corrected chi connectivity index (χ0v) is 18.2. The zero-order valence-electron chi connectivity index (χ0n) is 18.2. The Morgan fingerprint density at radius 1 is 1.13 bits per heavy atom. The Hall–Kier alpha value is -3.35. The molecule has 7 heteroatoms. The molecular weight excluding hydrogens is 392 g/mol. The lowest BCUT2D eigenvalue weighted by Gasteiger charge is -2.35. The monoisotopic (exact) mass is 420 g/mol. The Kier molecular flexibility index (Phi) is 5.93. The zero-order chi connectivity index (χ0) is 22.0. The van der Waals surface area contributed by atoms with E-state index < -0.39 is 0 Å². The first-order chi connectivity index (χ1) is 15.0. The van der Waals surface area contributed by atoms with Gasteiger partial charge in [0.2, 0.25) is 0 Å². The number of para-hydroxylation sites is 2. The number of piperidine rings is 1. The number of benzene rings is 2. The Balaban J connectivity index is 1.60. The van der Waals surface area contributed by atoms with E-state index >= 15 is 0 Å². The molecule has 1 aliphatic rings. The topological polar surface area (TPSA) is 76.5 Å². The average molecular weight is 421 g/mol. The minimum Gasteiger partial charge on any atom is -0.495 e. The largest absolute Gasteiger partial charge is 0.495 e. The second-order valence-corrected chi connectivity index (χ2v) is 8.17. The molecule has 1 fully saturated rings. The summed E-state index contributed by atoms with van der Waals surface area (Å²) >= 11 is 0. The van der Waals surface area contributed by atoms with Crippen LogP contribution in [0.4, 0.5) is 5.69 Å². The normalized spacial score (nSPS) is 16.5. The molecule has 162 valence electrons. The summed E-state index contributed by atoms with van der Waals surface area (Å²) in [7, 11) is 1.67. The van der Waals surface area contributed by atoms with E-state index in [0.717, 1.165) is 30.8 Å². The van der Waals surface area contributed by atoms with Crippen LogP contribution in [0.1, 0.15) is 43.2 Å². The number of ether oxygens (including phenoxy) is 1. The molecule has 3 aromatic rings. The van der Waals surface area contributed by atoms with Crippen LogP contribution in [0, 0.1) is 0 Å². The lowest BCUT2D eigenvalue weighted by Crippen LogP contribution is -2.48. The fourth-order valence-corrected chi connectivity index (χ4v) is 4.18. The standard InChI is InChI=1S/C24H28N4O3/c1-16(2)28-24(30)19-11-5-4-10-18(19)22(26-28)23(29)25-17-9-8-14-27(15-17)20-12-6-7-13-21(20)31-3/h4-7,10-13,16-17H,8-9,14-15H2,1-3H3,(H,25,29). The van der Waals surface area contributed by atoms with Crippen LogP contribution in [0.15, 0.2) is 53.3 Å². The van der Waals surface area contributed by atoms with Crippen molar-refractivity contribution < 1.29 is 9.53 Å². The van der Waals surface area contributed by atoms with Crippen molar-refractivity contribution in [3.63, 3.8) is 0 Å². The molecule has 0 spiro atoms. The molecule has 31 heavy (non-hydrogen) atoms. The molecule has 7 nitrogen and oxygen atoms in total. The van der Waals surface area contributed by atoms with Gasteiger partial charge in [-0.25, -0.2) is 4.68 Å². The Labute approximate surface area is 181 Å². The summed E-state index contributed by atoms with van der Waals surface area (Å²) in [5.41, 5.74) is 1.14. The SMILES string of the molecule is COc1ccccc1N1CCCC(NC(=O)c2nn(C(C)C)c(=O)c3ccccc23)C1. The fraction of sp³-hybridized carbons (Fsp3) is 0.375. The van der Waals surface area contributed by atoms with Gasteiger partial charge in [0.1, 0.15) is 5.75 Å². The van der Waals surface area contributed by atoms with Crippen molar-refractivity contribution in [2.75, 3.05) is 25.1 Å². The maximum Gasteiger partial charge on any atom is 0.274 e. The van der Waals surface area contributed by atoms with Crippen LogP contribution in [0.2, 0.25) is 0 Å². The Morgan fingerprint density at radius 2 is 1.84 bits per heavy atom. The van der Waals surface area contributed by atoms with E-state index in [0.29, 0.717) is 23.0 Å². The molecule has 2 heterocycles. The average Bonchev–Trinajstić information content (AvgIpc) is 2.79. The summed E-state index contributed by atoms with van der Waals surface area (Å²) in [6.07, 6.45) is 1.85. The molecule has 0 aliphatic carbocycles. The quantitative estimate of drug-likeness (QED) is 0.685. The van der Waals surface area contributed by atoms with Crippen molar-refractivity contribution >= 4 is 22.4 Å². The lowest BCUT2D eigenvalue weighted by molar-refractivity contribution is 0.0927. The maximum atomic E-state index is 13.2. The van der Waals surface area contributed by atoms with Crippen LogP contribution < -0.4 is 20.5 Å². The van der Waals surface area contributed by atoms with Crippen LogP contribution in [-0.2, 0) is 0 Å². The second kappa shape index (κ2) is 8.79. The van der Waals surface area contributed by atoms with E-state index in [1.807, 2.05) is 50.2 Å². The smallest absolute Gasteiger partial charge is 0.274 e. The van der Waals surface area contributed by atoms with Crippen LogP contribution >= 0.6 is 0 Å². The predicted molar refractivity (Wildman–Crippen MR) is 122 cm³/mol. The summed E-state index contributed by atoms with van der Waals surface area (Å²) in [5.74, 6) is 0.573. The van der Waals surface area contributed by atoms with Crippen LogP contribution in [-0.4, -0.2) is 41.9 Å². The van der Waals surface area contributed by atoms with E-state index in [-0.39, 0.29) is 23.6 Å². The molecule has 0 bridgehead atoms. The van der Waals surface area contributed by atoms with Gasteiger partial charge in [0.25, 0.3) is 11.5 Å². The molecule has 1 aromatic heterocycles. The molecule has 0 radical (unpaired) electrons. The summed E-state index contributed by atoms with van der Waals surface area (Å²) < 4.78 is 6.90. The third kappa shape index (κ3) is 4.13. The molecule has 2 aromatic carbocycles. The number of anilines is 1. The van der Waals surface area contributed by atoms with Crippen molar-refractivity contribution in [1.82, 2.24) is 15.1 Å². The van der Waals surface area contributed by atoms with Crippen molar-refractivity contribution in [2.24, 2.45) is 0 Å².